The fraction of sp³-hybridized carbons (Fsp3) is 0.625. The minimum atomic E-state index is 0.216. The van der Waals surface area contributed by atoms with Crippen molar-refractivity contribution < 1.29 is 9.47 Å². The van der Waals surface area contributed by atoms with Gasteiger partial charge in [-0.05, 0) is 24.6 Å². The van der Waals surface area contributed by atoms with E-state index in [-0.39, 0.29) is 6.10 Å². The Labute approximate surface area is 121 Å². The Hall–Kier alpha value is -0.940. The van der Waals surface area contributed by atoms with Crippen molar-refractivity contribution in [3.05, 3.63) is 35.4 Å². The summed E-state index contributed by atoms with van der Waals surface area (Å²) in [7, 11) is 1.97. The first-order valence-electron chi connectivity index (χ1n) is 7.55. The number of hydrogen-bond acceptors (Lipinski definition) is 4. The summed E-state index contributed by atoms with van der Waals surface area (Å²) in [5, 5.41) is 3.19. The molecule has 0 amide bonds. The Morgan fingerprint density at radius 1 is 1.25 bits per heavy atom. The molecule has 2 heterocycles. The quantitative estimate of drug-likeness (QED) is 0.896. The highest BCUT2D eigenvalue weighted by molar-refractivity contribution is 5.31. The van der Waals surface area contributed by atoms with E-state index in [0.717, 1.165) is 45.8 Å². The van der Waals surface area contributed by atoms with Crippen LogP contribution in [0.15, 0.2) is 24.3 Å². The predicted molar refractivity (Wildman–Crippen MR) is 78.9 cm³/mol. The second kappa shape index (κ2) is 6.68. The SMILES string of the molecule is CNCC1CN(CC2OCCc3ccccc32)CCO1. The summed E-state index contributed by atoms with van der Waals surface area (Å²) < 4.78 is 11.8. The third-order valence-electron chi connectivity index (χ3n) is 4.17. The lowest BCUT2D eigenvalue weighted by atomic mass is 9.97. The van der Waals surface area contributed by atoms with Crippen molar-refractivity contribution >= 4 is 0 Å². The number of hydrogen-bond donors (Lipinski definition) is 1. The number of morpholine rings is 1. The van der Waals surface area contributed by atoms with Crippen molar-refractivity contribution in [1.29, 1.82) is 0 Å². The monoisotopic (exact) mass is 276 g/mol. The Bertz CT molecular complexity index is 436. The Kier molecular flexibility index (Phi) is 4.68. The predicted octanol–water partition coefficient (Wildman–Crippen LogP) is 1.22. The van der Waals surface area contributed by atoms with Gasteiger partial charge in [0.05, 0.1) is 25.4 Å². The molecule has 110 valence electrons. The summed E-state index contributed by atoms with van der Waals surface area (Å²) in [5.74, 6) is 0. The highest BCUT2D eigenvalue weighted by atomic mass is 16.5. The second-order valence-corrected chi connectivity index (χ2v) is 5.62. The molecule has 0 aliphatic carbocycles. The van der Waals surface area contributed by atoms with Crippen molar-refractivity contribution in [3.63, 3.8) is 0 Å². The molecule has 0 saturated carbocycles. The molecule has 0 bridgehead atoms. The van der Waals surface area contributed by atoms with Crippen LogP contribution in [-0.2, 0) is 15.9 Å². The molecule has 4 nitrogen and oxygen atoms in total. The van der Waals surface area contributed by atoms with Crippen LogP contribution in [-0.4, -0.2) is 57.4 Å². The number of nitrogens with one attached hydrogen (secondary N) is 1. The number of benzene rings is 1. The van der Waals surface area contributed by atoms with Gasteiger partial charge in [-0.15, -0.1) is 0 Å². The van der Waals surface area contributed by atoms with Crippen LogP contribution in [0.25, 0.3) is 0 Å². The van der Waals surface area contributed by atoms with Gasteiger partial charge in [-0.3, -0.25) is 4.90 Å². The zero-order valence-electron chi connectivity index (χ0n) is 12.2. The molecular formula is C16H24N2O2. The van der Waals surface area contributed by atoms with E-state index in [1.807, 2.05) is 7.05 Å². The number of ether oxygens (including phenoxy) is 2. The zero-order valence-corrected chi connectivity index (χ0v) is 12.2. The molecule has 0 aromatic heterocycles. The largest absolute Gasteiger partial charge is 0.374 e. The van der Waals surface area contributed by atoms with Crippen LogP contribution in [0, 0.1) is 0 Å². The molecule has 2 aliphatic heterocycles. The first kappa shape index (κ1) is 14.0. The zero-order chi connectivity index (χ0) is 13.8. The number of fused-ring (bicyclic) bond motifs is 1. The fourth-order valence-corrected chi connectivity index (χ4v) is 3.16. The average Bonchev–Trinajstić information content (AvgIpc) is 2.48. The number of rotatable bonds is 4. The maximum Gasteiger partial charge on any atom is 0.0954 e. The van der Waals surface area contributed by atoms with E-state index in [9.17, 15) is 0 Å². The normalized spacial score (nSPS) is 27.2. The van der Waals surface area contributed by atoms with Crippen LogP contribution in [0.2, 0.25) is 0 Å². The third kappa shape index (κ3) is 3.20. The smallest absolute Gasteiger partial charge is 0.0954 e. The van der Waals surface area contributed by atoms with Gasteiger partial charge in [0, 0.05) is 26.2 Å². The van der Waals surface area contributed by atoms with Crippen molar-refractivity contribution in [2.75, 3.05) is 46.4 Å². The van der Waals surface area contributed by atoms with Crippen molar-refractivity contribution in [3.8, 4) is 0 Å². The Morgan fingerprint density at radius 2 is 2.15 bits per heavy atom. The Morgan fingerprint density at radius 3 is 3.05 bits per heavy atom. The van der Waals surface area contributed by atoms with Gasteiger partial charge in [0.1, 0.15) is 0 Å². The van der Waals surface area contributed by atoms with E-state index in [1.165, 1.54) is 11.1 Å². The summed E-state index contributed by atoms with van der Waals surface area (Å²) in [5.41, 5.74) is 2.82. The summed E-state index contributed by atoms with van der Waals surface area (Å²) in [4.78, 5) is 2.47. The molecule has 1 fully saturated rings. The summed E-state index contributed by atoms with van der Waals surface area (Å²) in [6.07, 6.45) is 1.55. The standard InChI is InChI=1S/C16H24N2O2/c1-17-10-14-11-18(7-9-19-14)12-16-15-5-3-2-4-13(15)6-8-20-16/h2-5,14,16-17H,6-12H2,1H3. The minimum absolute atomic E-state index is 0.216. The van der Waals surface area contributed by atoms with Crippen LogP contribution in [0.1, 0.15) is 17.2 Å². The van der Waals surface area contributed by atoms with Gasteiger partial charge in [-0.1, -0.05) is 24.3 Å². The lowest BCUT2D eigenvalue weighted by Crippen LogP contribution is -2.47. The summed E-state index contributed by atoms with van der Waals surface area (Å²) in [6, 6.07) is 8.68. The molecule has 2 atom stereocenters. The van der Waals surface area contributed by atoms with Crippen molar-refractivity contribution in [2.45, 2.75) is 18.6 Å². The molecule has 2 unspecified atom stereocenters. The molecule has 0 spiro atoms. The van der Waals surface area contributed by atoms with Crippen LogP contribution in [0.5, 0.6) is 0 Å². The maximum atomic E-state index is 6.00. The van der Waals surface area contributed by atoms with Gasteiger partial charge in [-0.2, -0.15) is 0 Å². The minimum Gasteiger partial charge on any atom is -0.374 e. The molecule has 1 saturated heterocycles. The molecule has 1 aromatic rings. The molecule has 0 radical (unpaired) electrons. The van der Waals surface area contributed by atoms with Gasteiger partial charge in [0.2, 0.25) is 0 Å². The lowest BCUT2D eigenvalue weighted by Gasteiger charge is -2.36. The average molecular weight is 276 g/mol. The molecule has 1 aromatic carbocycles. The van der Waals surface area contributed by atoms with Crippen LogP contribution >= 0.6 is 0 Å². The molecule has 20 heavy (non-hydrogen) atoms. The molecule has 2 aliphatic rings. The Balaban J connectivity index is 1.63. The maximum absolute atomic E-state index is 6.00. The fourth-order valence-electron chi connectivity index (χ4n) is 3.16. The topological polar surface area (TPSA) is 33.7 Å². The van der Waals surface area contributed by atoms with Gasteiger partial charge in [0.15, 0.2) is 0 Å². The summed E-state index contributed by atoms with van der Waals surface area (Å²) in [6.45, 7) is 5.54. The first-order valence-corrected chi connectivity index (χ1v) is 7.55. The lowest BCUT2D eigenvalue weighted by molar-refractivity contribution is -0.0525. The molecule has 4 heteroatoms. The highest BCUT2D eigenvalue weighted by Crippen LogP contribution is 2.28. The third-order valence-corrected chi connectivity index (χ3v) is 4.17. The van der Waals surface area contributed by atoms with Crippen LogP contribution in [0.4, 0.5) is 0 Å². The van der Waals surface area contributed by atoms with E-state index in [2.05, 4.69) is 34.5 Å². The van der Waals surface area contributed by atoms with E-state index >= 15 is 0 Å². The molecule has 3 rings (SSSR count). The summed E-state index contributed by atoms with van der Waals surface area (Å²) >= 11 is 0. The van der Waals surface area contributed by atoms with Gasteiger partial charge in [-0.25, -0.2) is 0 Å². The van der Waals surface area contributed by atoms with E-state index in [4.69, 9.17) is 9.47 Å². The van der Waals surface area contributed by atoms with Crippen molar-refractivity contribution in [2.24, 2.45) is 0 Å². The van der Waals surface area contributed by atoms with Crippen molar-refractivity contribution in [1.82, 2.24) is 10.2 Å². The van der Waals surface area contributed by atoms with E-state index < -0.39 is 0 Å². The van der Waals surface area contributed by atoms with Crippen LogP contribution in [0.3, 0.4) is 0 Å². The number of nitrogens with zero attached hydrogens (tertiary/aromatic N) is 1. The van der Waals surface area contributed by atoms with E-state index in [0.29, 0.717) is 6.10 Å². The molecular weight excluding hydrogens is 252 g/mol. The van der Waals surface area contributed by atoms with Gasteiger partial charge >= 0.3 is 0 Å². The van der Waals surface area contributed by atoms with E-state index in [1.54, 1.807) is 0 Å². The van der Waals surface area contributed by atoms with Gasteiger partial charge in [0.25, 0.3) is 0 Å². The van der Waals surface area contributed by atoms with Crippen LogP contribution < -0.4 is 5.32 Å². The highest BCUT2D eigenvalue weighted by Gasteiger charge is 2.26. The number of likely N-dealkylation sites (N-methyl/N-ethyl adjacent to an activating group) is 1. The molecule has 1 N–H and O–H groups in total. The second-order valence-electron chi connectivity index (χ2n) is 5.62. The van der Waals surface area contributed by atoms with Gasteiger partial charge < -0.3 is 14.8 Å². The first-order chi connectivity index (χ1) is 9.86.